The monoisotopic (exact) mass is 404 g/mol. The summed E-state index contributed by atoms with van der Waals surface area (Å²) in [5.74, 6) is -0.419. The van der Waals surface area contributed by atoms with Crippen LogP contribution in [0.2, 0.25) is 0 Å². The zero-order valence-corrected chi connectivity index (χ0v) is 16.6. The van der Waals surface area contributed by atoms with Gasteiger partial charge < -0.3 is 23.4 Å². The topological polar surface area (TPSA) is 101 Å². The number of carbonyl (C=O) groups is 2. The summed E-state index contributed by atoms with van der Waals surface area (Å²) in [5.41, 5.74) is 1.42. The van der Waals surface area contributed by atoms with Crippen molar-refractivity contribution in [1.82, 2.24) is 0 Å². The number of rotatable bonds is 8. The molecule has 2 aromatic rings. The minimum absolute atomic E-state index is 0.245. The number of benzene rings is 1. The van der Waals surface area contributed by atoms with Gasteiger partial charge in [-0.2, -0.15) is 0 Å². The van der Waals surface area contributed by atoms with Crippen LogP contribution < -0.4 is 15.1 Å². The highest BCUT2D eigenvalue weighted by atomic mass is 16.6. The van der Waals surface area contributed by atoms with Gasteiger partial charge in [-0.3, -0.25) is 0 Å². The SMILES string of the molecule is CCOC(=O)COc1cc(OCC(=O)OCC)c2c3c(c(=O)oc2c1)CCCC3. The number of ether oxygens (including phenoxy) is 4. The third-order valence-corrected chi connectivity index (χ3v) is 4.57. The maximum absolute atomic E-state index is 12.4. The maximum Gasteiger partial charge on any atom is 0.344 e. The third-order valence-electron chi connectivity index (χ3n) is 4.57. The molecule has 1 heterocycles. The van der Waals surface area contributed by atoms with Gasteiger partial charge in [-0.1, -0.05) is 0 Å². The zero-order chi connectivity index (χ0) is 20.8. The van der Waals surface area contributed by atoms with Crippen LogP contribution in [0.3, 0.4) is 0 Å². The Morgan fingerprint density at radius 2 is 1.55 bits per heavy atom. The Bertz CT molecular complexity index is 959. The Balaban J connectivity index is 2.00. The molecule has 0 amide bonds. The number of esters is 2. The number of carbonyl (C=O) groups excluding carboxylic acids is 2. The third kappa shape index (κ3) is 4.88. The summed E-state index contributed by atoms with van der Waals surface area (Å²) in [6.45, 7) is 3.31. The van der Waals surface area contributed by atoms with Gasteiger partial charge in [0.05, 0.1) is 18.6 Å². The van der Waals surface area contributed by atoms with Gasteiger partial charge in [0.15, 0.2) is 13.2 Å². The highest BCUT2D eigenvalue weighted by molar-refractivity contribution is 5.89. The molecule has 8 heteroatoms. The Morgan fingerprint density at radius 3 is 2.21 bits per heavy atom. The molecule has 0 fully saturated rings. The predicted molar refractivity (Wildman–Crippen MR) is 103 cm³/mol. The molecule has 0 saturated carbocycles. The van der Waals surface area contributed by atoms with Crippen LogP contribution in [-0.2, 0) is 31.9 Å². The molecule has 0 N–H and O–H groups in total. The number of fused-ring (bicyclic) bond motifs is 3. The first-order valence-electron chi connectivity index (χ1n) is 9.72. The van der Waals surface area contributed by atoms with Crippen molar-refractivity contribution in [2.75, 3.05) is 26.4 Å². The number of hydrogen-bond donors (Lipinski definition) is 0. The normalized spacial score (nSPS) is 12.9. The van der Waals surface area contributed by atoms with E-state index in [1.807, 2.05) is 0 Å². The van der Waals surface area contributed by atoms with Gasteiger partial charge in [0.1, 0.15) is 17.1 Å². The quantitative estimate of drug-likeness (QED) is 0.489. The number of aryl methyl sites for hydroxylation is 1. The van der Waals surface area contributed by atoms with Crippen molar-refractivity contribution in [3.63, 3.8) is 0 Å². The van der Waals surface area contributed by atoms with Crippen LogP contribution in [0.5, 0.6) is 11.5 Å². The van der Waals surface area contributed by atoms with E-state index in [1.54, 1.807) is 26.0 Å². The van der Waals surface area contributed by atoms with Crippen LogP contribution in [-0.4, -0.2) is 38.4 Å². The van der Waals surface area contributed by atoms with E-state index < -0.39 is 11.9 Å². The van der Waals surface area contributed by atoms with Crippen LogP contribution in [0, 0.1) is 0 Å². The lowest BCUT2D eigenvalue weighted by Gasteiger charge is -2.19. The van der Waals surface area contributed by atoms with E-state index in [0.717, 1.165) is 24.8 Å². The van der Waals surface area contributed by atoms with Crippen molar-refractivity contribution < 1.29 is 33.0 Å². The first kappa shape index (κ1) is 20.7. The summed E-state index contributed by atoms with van der Waals surface area (Å²) in [4.78, 5) is 35.7. The first-order valence-corrected chi connectivity index (χ1v) is 9.72. The summed E-state index contributed by atoms with van der Waals surface area (Å²) in [6.07, 6.45) is 3.23. The van der Waals surface area contributed by atoms with Crippen LogP contribution in [0.25, 0.3) is 11.0 Å². The van der Waals surface area contributed by atoms with Crippen molar-refractivity contribution in [3.05, 3.63) is 33.7 Å². The molecule has 0 bridgehead atoms. The molecule has 29 heavy (non-hydrogen) atoms. The smallest absolute Gasteiger partial charge is 0.344 e. The zero-order valence-electron chi connectivity index (χ0n) is 16.6. The van der Waals surface area contributed by atoms with Gasteiger partial charge in [0.2, 0.25) is 0 Å². The Morgan fingerprint density at radius 1 is 0.931 bits per heavy atom. The first-order chi connectivity index (χ1) is 14.0. The minimum Gasteiger partial charge on any atom is -0.482 e. The summed E-state index contributed by atoms with van der Waals surface area (Å²) in [5, 5.41) is 0.645. The summed E-state index contributed by atoms with van der Waals surface area (Å²) < 4.78 is 26.4. The lowest BCUT2D eigenvalue weighted by Crippen LogP contribution is -2.18. The molecule has 1 aromatic carbocycles. The predicted octanol–water partition coefficient (Wildman–Crippen LogP) is 2.56. The molecule has 0 saturated heterocycles. The Kier molecular flexibility index (Phi) is 6.74. The van der Waals surface area contributed by atoms with Crippen molar-refractivity contribution in [3.8, 4) is 11.5 Å². The molecular weight excluding hydrogens is 380 g/mol. The van der Waals surface area contributed by atoms with E-state index in [2.05, 4.69) is 0 Å². The Labute approximate surface area is 167 Å². The van der Waals surface area contributed by atoms with E-state index in [-0.39, 0.29) is 43.4 Å². The highest BCUT2D eigenvalue weighted by Gasteiger charge is 2.22. The molecule has 1 aliphatic carbocycles. The Hall–Kier alpha value is -3.03. The lowest BCUT2D eigenvalue weighted by molar-refractivity contribution is -0.146. The second kappa shape index (κ2) is 9.45. The second-order valence-electron chi connectivity index (χ2n) is 6.54. The standard InChI is InChI=1S/C21H24O8/c1-3-25-18(22)11-27-13-9-16(28-12-19(23)26-4-2)20-14-7-5-6-8-15(14)21(24)29-17(20)10-13/h9-10H,3-8,11-12H2,1-2H3. The fraction of sp³-hybridized carbons (Fsp3) is 0.476. The van der Waals surface area contributed by atoms with Gasteiger partial charge >= 0.3 is 17.6 Å². The van der Waals surface area contributed by atoms with E-state index >= 15 is 0 Å². The molecule has 0 radical (unpaired) electrons. The van der Waals surface area contributed by atoms with Crippen LogP contribution in [0.15, 0.2) is 21.3 Å². The fourth-order valence-electron chi connectivity index (χ4n) is 3.39. The van der Waals surface area contributed by atoms with Gasteiger partial charge in [-0.15, -0.1) is 0 Å². The van der Waals surface area contributed by atoms with Crippen LogP contribution in [0.4, 0.5) is 0 Å². The fourth-order valence-corrected chi connectivity index (χ4v) is 3.39. The molecule has 0 atom stereocenters. The summed E-state index contributed by atoms with van der Waals surface area (Å²) in [6, 6.07) is 3.12. The van der Waals surface area contributed by atoms with E-state index in [0.29, 0.717) is 23.1 Å². The highest BCUT2D eigenvalue weighted by Crippen LogP contribution is 2.36. The lowest BCUT2D eigenvalue weighted by atomic mass is 9.90. The molecule has 156 valence electrons. The van der Waals surface area contributed by atoms with Gasteiger partial charge in [-0.25, -0.2) is 14.4 Å². The minimum atomic E-state index is -0.520. The average molecular weight is 404 g/mol. The molecule has 8 nitrogen and oxygen atoms in total. The van der Waals surface area contributed by atoms with Crippen molar-refractivity contribution in [1.29, 1.82) is 0 Å². The molecule has 0 unspecified atom stereocenters. The largest absolute Gasteiger partial charge is 0.482 e. The molecule has 0 aliphatic heterocycles. The molecular formula is C21H24O8. The molecule has 1 aliphatic rings. The average Bonchev–Trinajstić information content (AvgIpc) is 2.71. The van der Waals surface area contributed by atoms with Crippen molar-refractivity contribution in [2.24, 2.45) is 0 Å². The van der Waals surface area contributed by atoms with Crippen molar-refractivity contribution >= 4 is 22.9 Å². The van der Waals surface area contributed by atoms with Crippen LogP contribution in [0.1, 0.15) is 37.8 Å². The summed E-state index contributed by atoms with van der Waals surface area (Å²) >= 11 is 0. The molecule has 0 spiro atoms. The molecule has 1 aromatic heterocycles. The van der Waals surface area contributed by atoms with Crippen LogP contribution >= 0.6 is 0 Å². The molecule has 3 rings (SSSR count). The van der Waals surface area contributed by atoms with Gasteiger partial charge in [0.25, 0.3) is 0 Å². The summed E-state index contributed by atoms with van der Waals surface area (Å²) in [7, 11) is 0. The van der Waals surface area contributed by atoms with Gasteiger partial charge in [-0.05, 0) is 45.1 Å². The van der Waals surface area contributed by atoms with E-state index in [1.165, 1.54) is 0 Å². The van der Waals surface area contributed by atoms with E-state index in [9.17, 15) is 14.4 Å². The van der Waals surface area contributed by atoms with Crippen molar-refractivity contribution in [2.45, 2.75) is 39.5 Å². The van der Waals surface area contributed by atoms with E-state index in [4.69, 9.17) is 23.4 Å². The number of hydrogen-bond acceptors (Lipinski definition) is 8. The van der Waals surface area contributed by atoms with Gasteiger partial charge in [0, 0.05) is 17.7 Å². The second-order valence-corrected chi connectivity index (χ2v) is 6.54. The maximum atomic E-state index is 12.4.